The number of benzene rings is 2. The maximum Gasteiger partial charge on any atom is 0.375 e. The average molecular weight is 652 g/mol. The van der Waals surface area contributed by atoms with Crippen molar-refractivity contribution in [1.82, 2.24) is 34.8 Å². The zero-order valence-corrected chi connectivity index (χ0v) is 27.0. The van der Waals surface area contributed by atoms with E-state index in [2.05, 4.69) is 25.5 Å². The van der Waals surface area contributed by atoms with Gasteiger partial charge in [-0.25, -0.2) is 9.48 Å². The molecule has 2 N–H and O–H groups in total. The van der Waals surface area contributed by atoms with Gasteiger partial charge in [-0.1, -0.05) is 30.3 Å². The highest BCUT2D eigenvalue weighted by atomic mass is 16.5. The average Bonchev–Trinajstić information content (AvgIpc) is 3.79. The fourth-order valence-electron chi connectivity index (χ4n) is 5.31. The third-order valence-electron chi connectivity index (χ3n) is 7.66. The number of nitrogens with zero attached hydrogens (tertiary/aromatic N) is 6. The quantitative estimate of drug-likeness (QED) is 0.180. The lowest BCUT2D eigenvalue weighted by Crippen LogP contribution is -2.24. The summed E-state index contributed by atoms with van der Waals surface area (Å²) in [5.74, 6) is -0.977. The minimum absolute atomic E-state index is 0.0331. The van der Waals surface area contributed by atoms with Crippen LogP contribution in [0.3, 0.4) is 0 Å². The van der Waals surface area contributed by atoms with Gasteiger partial charge in [-0.05, 0) is 44.5 Å². The molecule has 0 bridgehead atoms. The van der Waals surface area contributed by atoms with Crippen molar-refractivity contribution in [3.63, 3.8) is 0 Å². The number of aromatic carboxylic acids is 1. The van der Waals surface area contributed by atoms with E-state index < -0.39 is 17.6 Å². The van der Waals surface area contributed by atoms with Crippen LogP contribution in [0.4, 0.5) is 0 Å². The molecule has 0 aliphatic heterocycles. The molecule has 0 aliphatic carbocycles. The van der Waals surface area contributed by atoms with Crippen molar-refractivity contribution in [1.29, 1.82) is 0 Å². The van der Waals surface area contributed by atoms with Gasteiger partial charge < -0.3 is 29.1 Å². The molecule has 2 aromatic carbocycles. The Bertz CT molecular complexity index is 2130. The SMILES string of the molecule is CCn1nc(C)c(OCc2ccccc2)c1-c1nc(-n2nc(C(=O)NCc3ccc(OC)cc3OC)c3cc(C)ncc32)c(C(=O)O)o1. The number of aromatic nitrogens is 6. The summed E-state index contributed by atoms with van der Waals surface area (Å²) in [5.41, 5.74) is 3.65. The lowest BCUT2D eigenvalue weighted by molar-refractivity contribution is 0.0663. The van der Waals surface area contributed by atoms with Gasteiger partial charge in [0.15, 0.2) is 17.1 Å². The van der Waals surface area contributed by atoms with Crippen molar-refractivity contribution < 1.29 is 33.3 Å². The monoisotopic (exact) mass is 651 g/mol. The summed E-state index contributed by atoms with van der Waals surface area (Å²) in [6, 6.07) is 16.6. The summed E-state index contributed by atoms with van der Waals surface area (Å²) >= 11 is 0. The van der Waals surface area contributed by atoms with Crippen LogP contribution in [0.25, 0.3) is 28.3 Å². The van der Waals surface area contributed by atoms with E-state index in [1.165, 1.54) is 18.0 Å². The van der Waals surface area contributed by atoms with Crippen LogP contribution in [-0.2, 0) is 19.7 Å². The number of hydrogen-bond donors (Lipinski definition) is 2. The molecule has 0 unspecified atom stereocenters. The van der Waals surface area contributed by atoms with Gasteiger partial charge in [-0.3, -0.25) is 14.5 Å². The molecule has 0 atom stereocenters. The van der Waals surface area contributed by atoms with Gasteiger partial charge in [-0.15, -0.1) is 0 Å². The maximum absolute atomic E-state index is 13.6. The predicted molar refractivity (Wildman–Crippen MR) is 174 cm³/mol. The molecular formula is C34H33N7O7. The van der Waals surface area contributed by atoms with Crippen molar-refractivity contribution in [3.05, 3.63) is 94.8 Å². The summed E-state index contributed by atoms with van der Waals surface area (Å²) in [6.07, 6.45) is 1.51. The number of rotatable bonds is 12. The topological polar surface area (TPSA) is 169 Å². The third kappa shape index (κ3) is 6.02. The smallest absolute Gasteiger partial charge is 0.375 e. The summed E-state index contributed by atoms with van der Waals surface area (Å²) in [6.45, 7) is 6.27. The fourth-order valence-corrected chi connectivity index (χ4v) is 5.31. The third-order valence-corrected chi connectivity index (χ3v) is 7.66. The maximum atomic E-state index is 13.6. The highest BCUT2D eigenvalue weighted by Gasteiger charge is 2.30. The van der Waals surface area contributed by atoms with Crippen LogP contribution in [-0.4, -0.2) is 60.7 Å². The normalized spacial score (nSPS) is 11.1. The first kappa shape index (κ1) is 31.8. The van der Waals surface area contributed by atoms with Gasteiger partial charge in [0.1, 0.15) is 23.8 Å². The number of fused-ring (bicyclic) bond motifs is 1. The molecule has 6 aromatic rings. The molecule has 6 rings (SSSR count). The standard InChI is InChI=1S/C34H33N7O7/c1-6-40-28(29(20(3)38-40)47-18-21-10-8-7-9-11-21)33-37-31(30(48-33)34(43)44)41-25-17-35-19(2)14-24(25)27(39-41)32(42)36-16-22-12-13-23(45-4)15-26(22)46-5/h7-15,17H,6,16,18H2,1-5H3,(H,36,42)(H,43,44). The van der Waals surface area contributed by atoms with E-state index >= 15 is 0 Å². The van der Waals surface area contributed by atoms with Crippen LogP contribution >= 0.6 is 0 Å². The Morgan fingerprint density at radius 1 is 1.02 bits per heavy atom. The van der Waals surface area contributed by atoms with Crippen molar-refractivity contribution in [3.8, 4) is 34.7 Å². The summed E-state index contributed by atoms with van der Waals surface area (Å²) in [4.78, 5) is 35.1. The second-order valence-corrected chi connectivity index (χ2v) is 10.8. The number of carbonyl (C=O) groups is 2. The van der Waals surface area contributed by atoms with Crippen molar-refractivity contribution in [2.45, 2.75) is 40.5 Å². The molecule has 0 fully saturated rings. The molecule has 14 heteroatoms. The van der Waals surface area contributed by atoms with Crippen LogP contribution in [0.15, 0.2) is 65.2 Å². The summed E-state index contributed by atoms with van der Waals surface area (Å²) in [5, 5.41) is 22.7. The summed E-state index contributed by atoms with van der Waals surface area (Å²) < 4.78 is 25.7. The Kier molecular flexibility index (Phi) is 8.79. The highest BCUT2D eigenvalue weighted by molar-refractivity contribution is 6.05. The molecule has 0 saturated heterocycles. The molecule has 4 heterocycles. The number of hydrogen-bond acceptors (Lipinski definition) is 10. The van der Waals surface area contributed by atoms with Gasteiger partial charge in [-0.2, -0.15) is 15.2 Å². The highest BCUT2D eigenvalue weighted by Crippen LogP contribution is 2.36. The van der Waals surface area contributed by atoms with Gasteiger partial charge >= 0.3 is 5.97 Å². The zero-order valence-electron chi connectivity index (χ0n) is 27.0. The van der Waals surface area contributed by atoms with E-state index in [1.54, 1.807) is 49.9 Å². The molecule has 0 aliphatic rings. The predicted octanol–water partition coefficient (Wildman–Crippen LogP) is 5.13. The fraction of sp³-hybridized carbons (Fsp3) is 0.235. The molecule has 246 valence electrons. The van der Waals surface area contributed by atoms with E-state index in [0.717, 1.165) is 11.1 Å². The molecule has 48 heavy (non-hydrogen) atoms. The lowest BCUT2D eigenvalue weighted by atomic mass is 10.1. The first-order valence-corrected chi connectivity index (χ1v) is 15.1. The molecule has 4 aromatic heterocycles. The first-order valence-electron chi connectivity index (χ1n) is 15.1. The molecule has 14 nitrogen and oxygen atoms in total. The Labute approximate surface area is 274 Å². The van der Waals surface area contributed by atoms with E-state index in [-0.39, 0.29) is 30.6 Å². The summed E-state index contributed by atoms with van der Waals surface area (Å²) in [7, 11) is 3.09. The van der Waals surface area contributed by atoms with Crippen LogP contribution in [0.5, 0.6) is 17.2 Å². The number of aryl methyl sites for hydroxylation is 3. The lowest BCUT2D eigenvalue weighted by Gasteiger charge is -2.11. The van der Waals surface area contributed by atoms with Crippen LogP contribution < -0.4 is 19.5 Å². The van der Waals surface area contributed by atoms with E-state index in [4.69, 9.17) is 18.6 Å². The number of carboxylic acids is 1. The number of oxazole rings is 1. The minimum Gasteiger partial charge on any atom is -0.497 e. The number of ether oxygens (including phenoxy) is 3. The molecule has 0 spiro atoms. The van der Waals surface area contributed by atoms with Crippen LogP contribution in [0, 0.1) is 13.8 Å². The van der Waals surface area contributed by atoms with Gasteiger partial charge in [0, 0.05) is 35.8 Å². The Morgan fingerprint density at radius 3 is 2.52 bits per heavy atom. The van der Waals surface area contributed by atoms with Crippen LogP contribution in [0.1, 0.15) is 50.5 Å². The van der Waals surface area contributed by atoms with E-state index in [9.17, 15) is 14.7 Å². The number of amides is 1. The first-order chi connectivity index (χ1) is 23.2. The van der Waals surface area contributed by atoms with E-state index in [1.807, 2.05) is 37.3 Å². The molecule has 0 saturated carbocycles. The largest absolute Gasteiger partial charge is 0.497 e. The van der Waals surface area contributed by atoms with Crippen molar-refractivity contribution in [2.24, 2.45) is 0 Å². The number of carboxylic acid groups (broad SMARTS) is 1. The van der Waals surface area contributed by atoms with Gasteiger partial charge in [0.05, 0.1) is 25.9 Å². The Morgan fingerprint density at radius 2 is 1.81 bits per heavy atom. The number of carbonyl (C=O) groups excluding carboxylic acids is 1. The second-order valence-electron chi connectivity index (χ2n) is 10.8. The number of nitrogens with one attached hydrogen (secondary N) is 1. The van der Waals surface area contributed by atoms with Crippen molar-refractivity contribution in [2.75, 3.05) is 14.2 Å². The molecule has 0 radical (unpaired) electrons. The number of pyridine rings is 1. The second kappa shape index (κ2) is 13.3. The zero-order chi connectivity index (χ0) is 33.9. The molecule has 1 amide bonds. The Hall–Kier alpha value is -6.18. The van der Waals surface area contributed by atoms with Gasteiger partial charge in [0.2, 0.25) is 5.82 Å². The minimum atomic E-state index is -1.38. The van der Waals surface area contributed by atoms with Crippen molar-refractivity contribution >= 4 is 22.8 Å². The van der Waals surface area contributed by atoms with E-state index in [0.29, 0.717) is 51.8 Å². The number of methoxy groups -OCH3 is 2. The Balaban J connectivity index is 1.40. The molecular weight excluding hydrogens is 618 g/mol. The van der Waals surface area contributed by atoms with Gasteiger partial charge in [0.25, 0.3) is 17.6 Å². The van der Waals surface area contributed by atoms with Crippen LogP contribution in [0.2, 0.25) is 0 Å².